The summed E-state index contributed by atoms with van der Waals surface area (Å²) in [6.07, 6.45) is 4.89. The summed E-state index contributed by atoms with van der Waals surface area (Å²) in [6.45, 7) is 2.99. The van der Waals surface area contributed by atoms with Crippen molar-refractivity contribution >= 4 is 17.5 Å². The minimum absolute atomic E-state index is 0.0947. The molecule has 1 fully saturated rings. The normalized spacial score (nSPS) is 18.3. The van der Waals surface area contributed by atoms with Gasteiger partial charge in [-0.3, -0.25) is 9.69 Å². The predicted molar refractivity (Wildman–Crippen MR) is 91.6 cm³/mol. The number of rotatable bonds is 5. The van der Waals surface area contributed by atoms with E-state index in [0.29, 0.717) is 11.6 Å². The number of likely N-dealkylation sites (tertiary alicyclic amines) is 1. The van der Waals surface area contributed by atoms with E-state index in [1.807, 2.05) is 31.2 Å². The van der Waals surface area contributed by atoms with Gasteiger partial charge in [-0.1, -0.05) is 12.5 Å². The van der Waals surface area contributed by atoms with Crippen LogP contribution in [0.3, 0.4) is 0 Å². The van der Waals surface area contributed by atoms with E-state index in [1.165, 1.54) is 0 Å². The Balaban J connectivity index is 1.85. The second-order valence-corrected chi connectivity index (χ2v) is 6.01. The number of nitrogens with zero attached hydrogens (tertiary/aromatic N) is 4. The number of carbonyl (C=O) groups excluding carboxylic acids is 1. The van der Waals surface area contributed by atoms with Gasteiger partial charge in [0.05, 0.1) is 18.3 Å². The molecule has 3 heterocycles. The van der Waals surface area contributed by atoms with Crippen LogP contribution in [-0.4, -0.2) is 38.8 Å². The zero-order chi connectivity index (χ0) is 16.9. The maximum atomic E-state index is 11.3. The first-order valence-electron chi connectivity index (χ1n) is 8.18. The molecule has 2 aromatic heterocycles. The molecule has 1 atom stereocenters. The summed E-state index contributed by atoms with van der Waals surface area (Å²) in [5, 5.41) is 3.21. The number of aromatic nitrogens is 3. The molecule has 7 heteroatoms. The van der Waals surface area contributed by atoms with Crippen molar-refractivity contribution in [1.82, 2.24) is 19.9 Å². The maximum Gasteiger partial charge on any atom is 0.231 e. The number of nitrogens with one attached hydrogen (secondary N) is 1. The van der Waals surface area contributed by atoms with Crippen molar-refractivity contribution in [3.8, 4) is 0 Å². The lowest BCUT2D eigenvalue weighted by atomic mass is 9.99. The second kappa shape index (κ2) is 7.35. The van der Waals surface area contributed by atoms with E-state index in [-0.39, 0.29) is 18.5 Å². The number of anilines is 2. The molecular formula is C17H22N6O. The van der Waals surface area contributed by atoms with E-state index in [0.717, 1.165) is 37.3 Å². The zero-order valence-electron chi connectivity index (χ0n) is 13.8. The van der Waals surface area contributed by atoms with Gasteiger partial charge in [0.1, 0.15) is 17.5 Å². The molecule has 24 heavy (non-hydrogen) atoms. The highest BCUT2D eigenvalue weighted by atomic mass is 16.1. The minimum Gasteiger partial charge on any atom is -0.369 e. The van der Waals surface area contributed by atoms with Crippen molar-refractivity contribution < 1.29 is 4.79 Å². The van der Waals surface area contributed by atoms with Gasteiger partial charge in [-0.2, -0.15) is 0 Å². The Bertz CT molecular complexity index is 705. The summed E-state index contributed by atoms with van der Waals surface area (Å²) in [4.78, 5) is 26.7. The topological polar surface area (TPSA) is 97.0 Å². The van der Waals surface area contributed by atoms with Crippen molar-refractivity contribution in [1.29, 1.82) is 0 Å². The van der Waals surface area contributed by atoms with Gasteiger partial charge in [-0.25, -0.2) is 15.0 Å². The molecule has 1 amide bonds. The standard InChI is InChI=1S/C17H22N6O/c1-12-20-13(14-6-3-5-9-23(14)11-15(18)24)10-17(21-12)22-16-7-2-4-8-19-16/h2,4,7-8,10,14H,3,5-6,9,11H2,1H3,(H2,18,24)(H,19,20,21,22)/t14-/m0/s1. The Labute approximate surface area is 141 Å². The number of hydrogen-bond donors (Lipinski definition) is 2. The van der Waals surface area contributed by atoms with Crippen molar-refractivity contribution in [2.75, 3.05) is 18.4 Å². The van der Waals surface area contributed by atoms with Gasteiger partial charge in [-0.05, 0) is 38.4 Å². The molecule has 1 aliphatic heterocycles. The van der Waals surface area contributed by atoms with Crippen LogP contribution in [-0.2, 0) is 4.79 Å². The SMILES string of the molecule is Cc1nc(Nc2ccccn2)cc([C@@H]2CCCCN2CC(N)=O)n1. The number of hydrogen-bond acceptors (Lipinski definition) is 6. The van der Waals surface area contributed by atoms with E-state index in [2.05, 4.69) is 25.2 Å². The zero-order valence-corrected chi connectivity index (χ0v) is 13.8. The first-order valence-corrected chi connectivity index (χ1v) is 8.18. The smallest absolute Gasteiger partial charge is 0.231 e. The molecule has 3 N–H and O–H groups in total. The number of nitrogens with two attached hydrogens (primary N) is 1. The molecular weight excluding hydrogens is 304 g/mol. The van der Waals surface area contributed by atoms with Crippen LogP contribution in [0.25, 0.3) is 0 Å². The van der Waals surface area contributed by atoms with Crippen LogP contribution in [0.1, 0.15) is 36.8 Å². The van der Waals surface area contributed by atoms with Crippen molar-refractivity contribution in [3.05, 3.63) is 42.0 Å². The Morgan fingerprint density at radius 2 is 2.21 bits per heavy atom. The van der Waals surface area contributed by atoms with E-state index >= 15 is 0 Å². The largest absolute Gasteiger partial charge is 0.369 e. The van der Waals surface area contributed by atoms with Gasteiger partial charge < -0.3 is 11.1 Å². The molecule has 1 aliphatic rings. The Kier molecular flexibility index (Phi) is 5.00. The molecule has 7 nitrogen and oxygen atoms in total. The molecule has 126 valence electrons. The monoisotopic (exact) mass is 326 g/mol. The molecule has 2 aromatic rings. The fourth-order valence-electron chi connectivity index (χ4n) is 3.11. The maximum absolute atomic E-state index is 11.3. The van der Waals surface area contributed by atoms with Gasteiger partial charge in [0, 0.05) is 12.3 Å². The quantitative estimate of drug-likeness (QED) is 0.871. The fourth-order valence-corrected chi connectivity index (χ4v) is 3.11. The number of amides is 1. The summed E-state index contributed by atoms with van der Waals surface area (Å²) in [6, 6.07) is 7.70. The highest BCUT2D eigenvalue weighted by Crippen LogP contribution is 2.30. The predicted octanol–water partition coefficient (Wildman–Crippen LogP) is 1.94. The van der Waals surface area contributed by atoms with Gasteiger partial charge >= 0.3 is 0 Å². The third-order valence-corrected chi connectivity index (χ3v) is 4.09. The highest BCUT2D eigenvalue weighted by molar-refractivity contribution is 5.76. The second-order valence-electron chi connectivity index (χ2n) is 6.01. The van der Waals surface area contributed by atoms with Crippen LogP contribution in [0.4, 0.5) is 11.6 Å². The highest BCUT2D eigenvalue weighted by Gasteiger charge is 2.26. The summed E-state index contributed by atoms with van der Waals surface area (Å²) >= 11 is 0. The summed E-state index contributed by atoms with van der Waals surface area (Å²) in [7, 11) is 0. The van der Waals surface area contributed by atoms with Crippen LogP contribution in [0.5, 0.6) is 0 Å². The first kappa shape index (κ1) is 16.3. The Morgan fingerprint density at radius 3 is 2.96 bits per heavy atom. The number of aryl methyl sites for hydroxylation is 1. The molecule has 0 aliphatic carbocycles. The summed E-state index contributed by atoms with van der Waals surface area (Å²) in [5.74, 6) is 1.83. The van der Waals surface area contributed by atoms with Gasteiger partial charge in [0.25, 0.3) is 0 Å². The average molecular weight is 326 g/mol. The van der Waals surface area contributed by atoms with Gasteiger partial charge in [0.15, 0.2) is 0 Å². The molecule has 3 rings (SSSR count). The average Bonchev–Trinajstić information content (AvgIpc) is 2.55. The van der Waals surface area contributed by atoms with Crippen molar-refractivity contribution in [2.24, 2.45) is 5.73 Å². The Morgan fingerprint density at radius 1 is 1.33 bits per heavy atom. The lowest BCUT2D eigenvalue weighted by Gasteiger charge is -2.34. The van der Waals surface area contributed by atoms with Crippen LogP contribution in [0.15, 0.2) is 30.5 Å². The van der Waals surface area contributed by atoms with Gasteiger partial charge in [0.2, 0.25) is 5.91 Å². The fraction of sp³-hybridized carbons (Fsp3) is 0.412. The first-order chi connectivity index (χ1) is 11.6. The minimum atomic E-state index is -0.306. The van der Waals surface area contributed by atoms with E-state index < -0.39 is 0 Å². The number of piperidine rings is 1. The van der Waals surface area contributed by atoms with Crippen LogP contribution < -0.4 is 11.1 Å². The summed E-state index contributed by atoms with van der Waals surface area (Å²) < 4.78 is 0. The molecule has 0 spiro atoms. The molecule has 1 saturated heterocycles. The van der Waals surface area contributed by atoms with Crippen molar-refractivity contribution in [2.45, 2.75) is 32.2 Å². The molecule has 0 bridgehead atoms. The van der Waals surface area contributed by atoms with Gasteiger partial charge in [-0.15, -0.1) is 0 Å². The van der Waals surface area contributed by atoms with Crippen LogP contribution >= 0.6 is 0 Å². The van der Waals surface area contributed by atoms with E-state index in [4.69, 9.17) is 5.73 Å². The number of primary amides is 1. The molecule has 0 aromatic carbocycles. The Hall–Kier alpha value is -2.54. The molecule has 0 radical (unpaired) electrons. The lowest BCUT2D eigenvalue weighted by Crippen LogP contribution is -2.40. The third-order valence-electron chi connectivity index (χ3n) is 4.09. The third kappa shape index (κ3) is 4.05. The number of carbonyl (C=O) groups is 1. The summed E-state index contributed by atoms with van der Waals surface area (Å²) in [5.41, 5.74) is 6.31. The van der Waals surface area contributed by atoms with E-state index in [1.54, 1.807) is 6.20 Å². The number of pyridine rings is 1. The molecule has 0 unspecified atom stereocenters. The van der Waals surface area contributed by atoms with Crippen LogP contribution in [0, 0.1) is 6.92 Å². The van der Waals surface area contributed by atoms with Crippen LogP contribution in [0.2, 0.25) is 0 Å². The van der Waals surface area contributed by atoms with Crippen molar-refractivity contribution in [3.63, 3.8) is 0 Å². The lowest BCUT2D eigenvalue weighted by molar-refractivity contribution is -0.120. The molecule has 0 saturated carbocycles. The van der Waals surface area contributed by atoms with E-state index in [9.17, 15) is 4.79 Å².